The molecule has 12 heavy (non-hydrogen) atoms. The molecule has 1 atom stereocenters. The van der Waals surface area contributed by atoms with Gasteiger partial charge in [0, 0.05) is 0 Å². The lowest BCUT2D eigenvalue weighted by molar-refractivity contribution is 0.0252. The standard InChI is InChI=1S/C10H21NO/c1-3-10(2,12)8-9-4-6-11-7-5-9/h9,11-12H,3-8H2,1-2H3. The summed E-state index contributed by atoms with van der Waals surface area (Å²) in [5.74, 6) is 0.737. The minimum atomic E-state index is -0.429. The van der Waals surface area contributed by atoms with Gasteiger partial charge in [-0.15, -0.1) is 0 Å². The number of hydrogen-bond acceptors (Lipinski definition) is 2. The highest BCUT2D eigenvalue weighted by atomic mass is 16.3. The van der Waals surface area contributed by atoms with E-state index >= 15 is 0 Å². The van der Waals surface area contributed by atoms with Gasteiger partial charge in [0.2, 0.25) is 0 Å². The van der Waals surface area contributed by atoms with E-state index in [-0.39, 0.29) is 0 Å². The molecule has 0 spiro atoms. The van der Waals surface area contributed by atoms with Gasteiger partial charge in [-0.3, -0.25) is 0 Å². The summed E-state index contributed by atoms with van der Waals surface area (Å²) in [5.41, 5.74) is -0.429. The van der Waals surface area contributed by atoms with Crippen molar-refractivity contribution in [2.75, 3.05) is 13.1 Å². The first-order valence-electron chi connectivity index (χ1n) is 5.07. The normalized spacial score (nSPS) is 25.2. The second kappa shape index (κ2) is 4.24. The third kappa shape index (κ3) is 3.11. The smallest absolute Gasteiger partial charge is 0.0619 e. The first kappa shape index (κ1) is 10.0. The molecule has 2 nitrogen and oxygen atoms in total. The fraction of sp³-hybridized carbons (Fsp3) is 1.00. The van der Waals surface area contributed by atoms with Gasteiger partial charge < -0.3 is 10.4 Å². The van der Waals surface area contributed by atoms with Gasteiger partial charge in [0.05, 0.1) is 5.60 Å². The van der Waals surface area contributed by atoms with E-state index in [1.165, 1.54) is 12.8 Å². The molecule has 0 bridgehead atoms. The van der Waals surface area contributed by atoms with Crippen molar-refractivity contribution >= 4 is 0 Å². The van der Waals surface area contributed by atoms with Gasteiger partial charge in [-0.25, -0.2) is 0 Å². The van der Waals surface area contributed by atoms with E-state index in [1.807, 2.05) is 6.92 Å². The van der Waals surface area contributed by atoms with Crippen molar-refractivity contribution in [2.24, 2.45) is 5.92 Å². The number of rotatable bonds is 3. The van der Waals surface area contributed by atoms with E-state index in [1.54, 1.807) is 0 Å². The molecule has 0 amide bonds. The zero-order chi connectivity index (χ0) is 9.03. The van der Waals surface area contributed by atoms with Crippen LogP contribution in [0.3, 0.4) is 0 Å². The van der Waals surface area contributed by atoms with E-state index in [0.29, 0.717) is 0 Å². The van der Waals surface area contributed by atoms with Gasteiger partial charge in [-0.1, -0.05) is 6.92 Å². The SMILES string of the molecule is CCC(C)(O)CC1CCNCC1. The Morgan fingerprint density at radius 2 is 2.00 bits per heavy atom. The van der Waals surface area contributed by atoms with Crippen molar-refractivity contribution < 1.29 is 5.11 Å². The molecule has 1 unspecified atom stereocenters. The summed E-state index contributed by atoms with van der Waals surface area (Å²) in [6, 6.07) is 0. The van der Waals surface area contributed by atoms with Crippen LogP contribution in [-0.2, 0) is 0 Å². The Balaban J connectivity index is 2.28. The molecule has 1 saturated heterocycles. The Kier molecular flexibility index (Phi) is 3.53. The Hall–Kier alpha value is -0.0800. The van der Waals surface area contributed by atoms with Crippen molar-refractivity contribution in [3.05, 3.63) is 0 Å². The molecular weight excluding hydrogens is 150 g/mol. The predicted octanol–water partition coefficient (Wildman–Crippen LogP) is 1.54. The van der Waals surface area contributed by atoms with Crippen LogP contribution in [0.4, 0.5) is 0 Å². The molecule has 72 valence electrons. The quantitative estimate of drug-likeness (QED) is 0.675. The molecule has 1 rings (SSSR count). The molecule has 0 saturated carbocycles. The van der Waals surface area contributed by atoms with Crippen LogP contribution in [0.1, 0.15) is 39.5 Å². The maximum absolute atomic E-state index is 9.86. The third-order valence-electron chi connectivity index (χ3n) is 2.95. The maximum Gasteiger partial charge on any atom is 0.0619 e. The molecule has 2 heteroatoms. The molecule has 1 heterocycles. The first-order chi connectivity index (χ1) is 5.64. The zero-order valence-electron chi connectivity index (χ0n) is 8.27. The van der Waals surface area contributed by atoms with Crippen molar-refractivity contribution in [3.63, 3.8) is 0 Å². The van der Waals surface area contributed by atoms with Crippen molar-refractivity contribution in [2.45, 2.75) is 45.1 Å². The lowest BCUT2D eigenvalue weighted by atomic mass is 9.85. The van der Waals surface area contributed by atoms with Crippen LogP contribution in [-0.4, -0.2) is 23.8 Å². The Bertz CT molecular complexity index is 128. The zero-order valence-corrected chi connectivity index (χ0v) is 8.27. The molecule has 0 aromatic carbocycles. The fourth-order valence-electron chi connectivity index (χ4n) is 1.85. The number of hydrogen-bond donors (Lipinski definition) is 2. The van der Waals surface area contributed by atoms with Gasteiger partial charge in [0.15, 0.2) is 0 Å². The number of piperidine rings is 1. The summed E-state index contributed by atoms with van der Waals surface area (Å²) in [5, 5.41) is 13.2. The highest BCUT2D eigenvalue weighted by Gasteiger charge is 2.24. The van der Waals surface area contributed by atoms with E-state index in [2.05, 4.69) is 12.2 Å². The van der Waals surface area contributed by atoms with E-state index < -0.39 is 5.60 Å². The topological polar surface area (TPSA) is 32.3 Å². The van der Waals surface area contributed by atoms with Crippen LogP contribution < -0.4 is 5.32 Å². The largest absolute Gasteiger partial charge is 0.390 e. The number of aliphatic hydroxyl groups is 1. The predicted molar refractivity (Wildman–Crippen MR) is 51.1 cm³/mol. The Morgan fingerprint density at radius 1 is 1.42 bits per heavy atom. The van der Waals surface area contributed by atoms with Gasteiger partial charge in [-0.2, -0.15) is 0 Å². The summed E-state index contributed by atoms with van der Waals surface area (Å²) < 4.78 is 0. The second-order valence-corrected chi connectivity index (χ2v) is 4.25. The lowest BCUT2D eigenvalue weighted by Gasteiger charge is -2.30. The highest BCUT2D eigenvalue weighted by Crippen LogP contribution is 2.25. The van der Waals surface area contributed by atoms with Crippen LogP contribution in [0.15, 0.2) is 0 Å². The highest BCUT2D eigenvalue weighted by molar-refractivity contribution is 4.78. The molecule has 0 radical (unpaired) electrons. The lowest BCUT2D eigenvalue weighted by Crippen LogP contribution is -2.33. The maximum atomic E-state index is 9.86. The van der Waals surface area contributed by atoms with Crippen LogP contribution in [0, 0.1) is 5.92 Å². The molecule has 1 fully saturated rings. The van der Waals surface area contributed by atoms with Crippen LogP contribution in [0.2, 0.25) is 0 Å². The summed E-state index contributed by atoms with van der Waals surface area (Å²) in [7, 11) is 0. The monoisotopic (exact) mass is 171 g/mol. The van der Waals surface area contributed by atoms with Crippen molar-refractivity contribution in [1.29, 1.82) is 0 Å². The van der Waals surface area contributed by atoms with E-state index in [9.17, 15) is 5.11 Å². The first-order valence-corrected chi connectivity index (χ1v) is 5.07. The summed E-state index contributed by atoms with van der Waals surface area (Å²) in [4.78, 5) is 0. The Morgan fingerprint density at radius 3 is 2.50 bits per heavy atom. The summed E-state index contributed by atoms with van der Waals surface area (Å²) in [6.07, 6.45) is 4.31. The third-order valence-corrected chi connectivity index (χ3v) is 2.95. The second-order valence-electron chi connectivity index (χ2n) is 4.25. The van der Waals surface area contributed by atoms with E-state index in [4.69, 9.17) is 0 Å². The molecule has 1 aliphatic heterocycles. The van der Waals surface area contributed by atoms with Gasteiger partial charge in [0.1, 0.15) is 0 Å². The number of nitrogens with one attached hydrogen (secondary N) is 1. The van der Waals surface area contributed by atoms with Crippen LogP contribution in [0.25, 0.3) is 0 Å². The summed E-state index contributed by atoms with van der Waals surface area (Å²) in [6.45, 7) is 6.27. The average Bonchev–Trinajstić information content (AvgIpc) is 2.06. The minimum absolute atomic E-state index is 0.429. The minimum Gasteiger partial charge on any atom is -0.390 e. The van der Waals surface area contributed by atoms with Crippen LogP contribution >= 0.6 is 0 Å². The molecule has 0 aromatic heterocycles. The van der Waals surface area contributed by atoms with Gasteiger partial charge in [0.25, 0.3) is 0 Å². The fourth-order valence-corrected chi connectivity index (χ4v) is 1.85. The van der Waals surface area contributed by atoms with Crippen molar-refractivity contribution in [1.82, 2.24) is 5.32 Å². The van der Waals surface area contributed by atoms with Gasteiger partial charge >= 0.3 is 0 Å². The molecular formula is C10H21NO. The molecule has 2 N–H and O–H groups in total. The molecule has 0 aliphatic carbocycles. The average molecular weight is 171 g/mol. The molecule has 0 aromatic rings. The summed E-state index contributed by atoms with van der Waals surface area (Å²) >= 11 is 0. The van der Waals surface area contributed by atoms with Crippen molar-refractivity contribution in [3.8, 4) is 0 Å². The van der Waals surface area contributed by atoms with Gasteiger partial charge in [-0.05, 0) is 51.6 Å². The Labute approximate surface area is 75.4 Å². The molecule has 1 aliphatic rings. The van der Waals surface area contributed by atoms with Crippen LogP contribution in [0.5, 0.6) is 0 Å². The van der Waals surface area contributed by atoms with E-state index in [0.717, 1.165) is 31.8 Å².